The van der Waals surface area contributed by atoms with Gasteiger partial charge in [-0.2, -0.15) is 0 Å². The molecular formula is C16H15FO2. The molecule has 0 aromatic heterocycles. The molecule has 0 N–H and O–H groups in total. The molecule has 0 saturated carbocycles. The van der Waals surface area contributed by atoms with E-state index in [1.165, 1.54) is 12.1 Å². The Morgan fingerprint density at radius 1 is 1.16 bits per heavy atom. The lowest BCUT2D eigenvalue weighted by atomic mass is 10.0. The molecule has 2 nitrogen and oxygen atoms in total. The summed E-state index contributed by atoms with van der Waals surface area (Å²) < 4.78 is 18.4. The summed E-state index contributed by atoms with van der Waals surface area (Å²) in [6.07, 6.45) is 0.851. The second kappa shape index (κ2) is 5.65. The van der Waals surface area contributed by atoms with Crippen LogP contribution in [-0.2, 0) is 6.61 Å². The lowest BCUT2D eigenvalue weighted by Gasteiger charge is -2.11. The normalized spacial score (nSPS) is 10.3. The second-order valence-corrected chi connectivity index (χ2v) is 4.50. The van der Waals surface area contributed by atoms with Gasteiger partial charge in [0.25, 0.3) is 0 Å². The van der Waals surface area contributed by atoms with Crippen LogP contribution in [0.1, 0.15) is 27.0 Å². The molecule has 0 aliphatic rings. The number of benzene rings is 2. The predicted octanol–water partition coefficient (Wildman–Crippen LogP) is 3.83. The van der Waals surface area contributed by atoms with Crippen LogP contribution in [-0.4, -0.2) is 6.29 Å². The molecule has 2 aromatic rings. The highest BCUT2D eigenvalue weighted by atomic mass is 19.1. The van der Waals surface area contributed by atoms with Crippen molar-refractivity contribution in [3.8, 4) is 5.75 Å². The monoisotopic (exact) mass is 258 g/mol. The van der Waals surface area contributed by atoms with Crippen molar-refractivity contribution < 1.29 is 13.9 Å². The second-order valence-electron chi connectivity index (χ2n) is 4.50. The van der Waals surface area contributed by atoms with E-state index in [2.05, 4.69) is 0 Å². The molecule has 19 heavy (non-hydrogen) atoms. The van der Waals surface area contributed by atoms with Gasteiger partial charge in [-0.3, -0.25) is 4.79 Å². The quantitative estimate of drug-likeness (QED) is 0.779. The summed E-state index contributed by atoms with van der Waals surface area (Å²) in [5.74, 6) is 0.317. The third-order valence-corrected chi connectivity index (χ3v) is 3.03. The summed E-state index contributed by atoms with van der Waals surface area (Å²) in [7, 11) is 0. The van der Waals surface area contributed by atoms with Gasteiger partial charge in [0.05, 0.1) is 0 Å². The highest BCUT2D eigenvalue weighted by Gasteiger charge is 2.06. The van der Waals surface area contributed by atoms with Crippen LogP contribution >= 0.6 is 0 Å². The van der Waals surface area contributed by atoms with Crippen LogP contribution in [0.15, 0.2) is 36.4 Å². The van der Waals surface area contributed by atoms with Gasteiger partial charge in [0, 0.05) is 5.56 Å². The maximum absolute atomic E-state index is 12.8. The topological polar surface area (TPSA) is 26.3 Å². The summed E-state index contributed by atoms with van der Waals surface area (Å²) >= 11 is 0. The van der Waals surface area contributed by atoms with Crippen molar-refractivity contribution in [1.29, 1.82) is 0 Å². The van der Waals surface area contributed by atoms with E-state index in [0.717, 1.165) is 23.0 Å². The fourth-order valence-electron chi connectivity index (χ4n) is 1.93. The first-order chi connectivity index (χ1) is 9.10. The first-order valence-electron chi connectivity index (χ1n) is 6.04. The summed E-state index contributed by atoms with van der Waals surface area (Å²) in [5, 5.41) is 0. The smallest absolute Gasteiger partial charge is 0.150 e. The van der Waals surface area contributed by atoms with Crippen molar-refractivity contribution in [2.24, 2.45) is 0 Å². The fourth-order valence-corrected chi connectivity index (χ4v) is 1.93. The Kier molecular flexibility index (Phi) is 3.95. The van der Waals surface area contributed by atoms with Gasteiger partial charge >= 0.3 is 0 Å². The lowest BCUT2D eigenvalue weighted by molar-refractivity contribution is 0.112. The van der Waals surface area contributed by atoms with Crippen LogP contribution in [0, 0.1) is 19.7 Å². The maximum Gasteiger partial charge on any atom is 0.150 e. The van der Waals surface area contributed by atoms with E-state index in [1.54, 1.807) is 12.1 Å². The van der Waals surface area contributed by atoms with Crippen molar-refractivity contribution in [3.63, 3.8) is 0 Å². The van der Waals surface area contributed by atoms with Gasteiger partial charge in [-0.15, -0.1) is 0 Å². The van der Waals surface area contributed by atoms with Crippen LogP contribution < -0.4 is 4.74 Å². The average Bonchev–Trinajstić information content (AvgIpc) is 2.41. The number of rotatable bonds is 4. The van der Waals surface area contributed by atoms with Gasteiger partial charge in [-0.25, -0.2) is 4.39 Å². The van der Waals surface area contributed by atoms with Gasteiger partial charge in [0.15, 0.2) is 0 Å². The maximum atomic E-state index is 12.8. The first-order valence-corrected chi connectivity index (χ1v) is 6.04. The largest absolute Gasteiger partial charge is 0.489 e. The number of carbonyl (C=O) groups excluding carboxylic acids is 1. The first kappa shape index (κ1) is 13.3. The zero-order valence-corrected chi connectivity index (χ0v) is 10.9. The minimum Gasteiger partial charge on any atom is -0.489 e. The molecule has 3 heteroatoms. The third-order valence-electron chi connectivity index (χ3n) is 3.03. The molecule has 0 aliphatic heterocycles. The van der Waals surface area contributed by atoms with Crippen molar-refractivity contribution in [3.05, 3.63) is 64.5 Å². The molecule has 0 heterocycles. The fraction of sp³-hybridized carbons (Fsp3) is 0.188. The van der Waals surface area contributed by atoms with Gasteiger partial charge in [-0.1, -0.05) is 11.6 Å². The molecule has 0 fully saturated rings. The number of aldehydes is 1. The Morgan fingerprint density at radius 3 is 2.47 bits per heavy atom. The van der Waals surface area contributed by atoms with E-state index in [1.807, 2.05) is 26.0 Å². The number of ether oxygens (including phenoxy) is 1. The highest BCUT2D eigenvalue weighted by Crippen LogP contribution is 2.19. The van der Waals surface area contributed by atoms with Gasteiger partial charge in [0.2, 0.25) is 0 Å². The summed E-state index contributed by atoms with van der Waals surface area (Å²) in [6.45, 7) is 4.19. The highest BCUT2D eigenvalue weighted by molar-refractivity contribution is 5.78. The third kappa shape index (κ3) is 3.19. The summed E-state index contributed by atoms with van der Waals surface area (Å²) in [4.78, 5) is 11.0. The van der Waals surface area contributed by atoms with E-state index in [4.69, 9.17) is 4.74 Å². The Morgan fingerprint density at radius 2 is 1.84 bits per heavy atom. The number of hydrogen-bond donors (Lipinski definition) is 0. The Balaban J connectivity index is 2.17. The van der Waals surface area contributed by atoms with E-state index in [0.29, 0.717) is 17.9 Å². The minimum atomic E-state index is -0.290. The minimum absolute atomic E-state index is 0.290. The molecule has 0 atom stereocenters. The SMILES string of the molecule is Cc1cc(C=O)c(C)c(COc2ccc(F)cc2)c1. The van der Waals surface area contributed by atoms with Gasteiger partial charge < -0.3 is 4.74 Å². The van der Waals surface area contributed by atoms with E-state index >= 15 is 0 Å². The molecular weight excluding hydrogens is 243 g/mol. The summed E-state index contributed by atoms with van der Waals surface area (Å²) in [5.41, 5.74) is 3.58. The number of aryl methyl sites for hydroxylation is 1. The predicted molar refractivity (Wildman–Crippen MR) is 72.0 cm³/mol. The van der Waals surface area contributed by atoms with Gasteiger partial charge in [-0.05, 0) is 55.3 Å². The summed E-state index contributed by atoms with van der Waals surface area (Å²) in [6, 6.07) is 9.72. The van der Waals surface area contributed by atoms with Crippen LogP contribution in [0.5, 0.6) is 5.75 Å². The number of hydrogen-bond acceptors (Lipinski definition) is 2. The van der Waals surface area contributed by atoms with Crippen LogP contribution in [0.2, 0.25) is 0 Å². The van der Waals surface area contributed by atoms with Crippen molar-refractivity contribution in [1.82, 2.24) is 0 Å². The zero-order valence-electron chi connectivity index (χ0n) is 10.9. The standard InChI is InChI=1S/C16H15FO2/c1-11-7-13(9-18)12(2)14(8-11)10-19-16-5-3-15(17)4-6-16/h3-9H,10H2,1-2H3. The van der Waals surface area contributed by atoms with Crippen molar-refractivity contribution in [2.75, 3.05) is 0 Å². The Hall–Kier alpha value is -2.16. The molecule has 98 valence electrons. The van der Waals surface area contributed by atoms with Gasteiger partial charge in [0.1, 0.15) is 24.5 Å². The van der Waals surface area contributed by atoms with Crippen molar-refractivity contribution >= 4 is 6.29 Å². The number of carbonyl (C=O) groups is 1. The molecule has 0 bridgehead atoms. The van der Waals surface area contributed by atoms with E-state index in [9.17, 15) is 9.18 Å². The molecule has 0 unspecified atom stereocenters. The molecule has 2 aromatic carbocycles. The molecule has 0 radical (unpaired) electrons. The Bertz CT molecular complexity index is 588. The van der Waals surface area contributed by atoms with Crippen LogP contribution in [0.3, 0.4) is 0 Å². The average molecular weight is 258 g/mol. The lowest BCUT2D eigenvalue weighted by Crippen LogP contribution is -2.01. The molecule has 0 saturated heterocycles. The van der Waals surface area contributed by atoms with E-state index < -0.39 is 0 Å². The van der Waals surface area contributed by atoms with E-state index in [-0.39, 0.29) is 5.82 Å². The molecule has 0 amide bonds. The molecule has 2 rings (SSSR count). The Labute approximate surface area is 111 Å². The van der Waals surface area contributed by atoms with Crippen molar-refractivity contribution in [2.45, 2.75) is 20.5 Å². The molecule has 0 aliphatic carbocycles. The molecule has 0 spiro atoms. The zero-order chi connectivity index (χ0) is 13.8. The number of halogens is 1. The van der Waals surface area contributed by atoms with Crippen LogP contribution in [0.4, 0.5) is 4.39 Å². The van der Waals surface area contributed by atoms with Crippen LogP contribution in [0.25, 0.3) is 0 Å².